The molecule has 0 fully saturated rings. The van der Waals surface area contributed by atoms with Crippen molar-refractivity contribution in [2.75, 3.05) is 12.4 Å². The van der Waals surface area contributed by atoms with E-state index in [1.807, 2.05) is 0 Å². The highest BCUT2D eigenvalue weighted by molar-refractivity contribution is 5.86. The average Bonchev–Trinajstić information content (AvgIpc) is 2.18. The summed E-state index contributed by atoms with van der Waals surface area (Å²) in [4.78, 5) is 19.0. The standard InChI is InChI=1S/C9H14N4O2/c1-9(2,7(10)14)13-8-11-4-6(15-3)5-12-8/h4-5H,1-3H3,(H2,10,14)(H,11,12,13). The van der Waals surface area contributed by atoms with Crippen LogP contribution in [0.5, 0.6) is 5.75 Å². The number of hydrogen-bond donors (Lipinski definition) is 2. The Morgan fingerprint density at radius 3 is 2.40 bits per heavy atom. The minimum Gasteiger partial charge on any atom is -0.494 e. The van der Waals surface area contributed by atoms with Crippen molar-refractivity contribution in [2.24, 2.45) is 5.73 Å². The highest BCUT2D eigenvalue weighted by Gasteiger charge is 2.25. The minimum absolute atomic E-state index is 0.333. The van der Waals surface area contributed by atoms with E-state index in [9.17, 15) is 4.79 Å². The van der Waals surface area contributed by atoms with Gasteiger partial charge >= 0.3 is 0 Å². The molecular weight excluding hydrogens is 196 g/mol. The second kappa shape index (κ2) is 4.12. The number of primary amides is 1. The number of carbonyl (C=O) groups is 1. The monoisotopic (exact) mass is 210 g/mol. The molecule has 15 heavy (non-hydrogen) atoms. The number of aromatic nitrogens is 2. The summed E-state index contributed by atoms with van der Waals surface area (Å²) in [5, 5.41) is 2.82. The lowest BCUT2D eigenvalue weighted by atomic mass is 10.1. The maximum atomic E-state index is 11.0. The molecule has 0 saturated heterocycles. The molecule has 0 aromatic carbocycles. The van der Waals surface area contributed by atoms with Gasteiger partial charge in [-0.1, -0.05) is 0 Å². The van der Waals surface area contributed by atoms with Gasteiger partial charge in [-0.25, -0.2) is 9.97 Å². The number of anilines is 1. The maximum absolute atomic E-state index is 11.0. The zero-order valence-electron chi connectivity index (χ0n) is 8.94. The van der Waals surface area contributed by atoms with E-state index < -0.39 is 11.4 Å². The Morgan fingerprint density at radius 2 is 2.00 bits per heavy atom. The van der Waals surface area contributed by atoms with Crippen LogP contribution in [0.25, 0.3) is 0 Å². The molecule has 82 valence electrons. The van der Waals surface area contributed by atoms with Crippen LogP contribution in [0.2, 0.25) is 0 Å². The van der Waals surface area contributed by atoms with Crippen LogP contribution in [-0.2, 0) is 4.79 Å². The topological polar surface area (TPSA) is 90.1 Å². The van der Waals surface area contributed by atoms with Crippen molar-refractivity contribution in [3.8, 4) is 5.75 Å². The summed E-state index contributed by atoms with van der Waals surface area (Å²) in [5.41, 5.74) is 4.31. The van der Waals surface area contributed by atoms with Crippen LogP contribution < -0.4 is 15.8 Å². The van der Waals surface area contributed by atoms with Gasteiger partial charge in [-0.2, -0.15) is 0 Å². The van der Waals surface area contributed by atoms with E-state index in [4.69, 9.17) is 10.5 Å². The molecule has 1 amide bonds. The number of nitrogens with two attached hydrogens (primary N) is 1. The van der Waals surface area contributed by atoms with Gasteiger partial charge in [0.25, 0.3) is 0 Å². The first-order valence-electron chi connectivity index (χ1n) is 4.40. The number of carbonyl (C=O) groups excluding carboxylic acids is 1. The van der Waals surface area contributed by atoms with Crippen molar-refractivity contribution in [1.82, 2.24) is 9.97 Å². The number of hydrogen-bond acceptors (Lipinski definition) is 5. The molecule has 1 aromatic heterocycles. The Bertz CT molecular complexity index is 348. The molecule has 6 heteroatoms. The molecular formula is C9H14N4O2. The summed E-state index contributed by atoms with van der Waals surface area (Å²) in [5.74, 6) is 0.416. The maximum Gasteiger partial charge on any atom is 0.242 e. The van der Waals surface area contributed by atoms with Crippen LogP contribution in [0.15, 0.2) is 12.4 Å². The Labute approximate surface area is 87.9 Å². The van der Waals surface area contributed by atoms with E-state index in [1.54, 1.807) is 13.8 Å². The normalized spacial score (nSPS) is 10.9. The third kappa shape index (κ3) is 2.80. The van der Waals surface area contributed by atoms with E-state index in [0.717, 1.165) is 0 Å². The van der Waals surface area contributed by atoms with Gasteiger partial charge in [0.15, 0.2) is 5.75 Å². The molecule has 1 rings (SSSR count). The van der Waals surface area contributed by atoms with Gasteiger partial charge < -0.3 is 15.8 Å². The first kappa shape index (κ1) is 11.2. The predicted octanol–water partition coefficient (Wildman–Crippen LogP) is 0.161. The number of rotatable bonds is 4. The summed E-state index contributed by atoms with van der Waals surface area (Å²) in [7, 11) is 1.53. The van der Waals surface area contributed by atoms with Gasteiger partial charge in [-0.05, 0) is 13.8 Å². The number of nitrogens with zero attached hydrogens (tertiary/aromatic N) is 2. The van der Waals surface area contributed by atoms with E-state index in [2.05, 4.69) is 15.3 Å². The lowest BCUT2D eigenvalue weighted by molar-refractivity contribution is -0.121. The van der Waals surface area contributed by atoms with E-state index in [1.165, 1.54) is 19.5 Å². The summed E-state index contributed by atoms with van der Waals surface area (Å²) in [6.45, 7) is 3.31. The van der Waals surface area contributed by atoms with Crippen molar-refractivity contribution < 1.29 is 9.53 Å². The fourth-order valence-corrected chi connectivity index (χ4v) is 0.827. The molecule has 0 saturated carbocycles. The molecule has 0 aliphatic heterocycles. The van der Waals surface area contributed by atoms with Crippen LogP contribution in [-0.4, -0.2) is 28.5 Å². The van der Waals surface area contributed by atoms with Crippen molar-refractivity contribution >= 4 is 11.9 Å². The second-order valence-electron chi connectivity index (χ2n) is 3.56. The predicted molar refractivity (Wildman–Crippen MR) is 55.5 cm³/mol. The van der Waals surface area contributed by atoms with Crippen molar-refractivity contribution in [3.63, 3.8) is 0 Å². The molecule has 0 unspecified atom stereocenters. The number of nitrogens with one attached hydrogen (secondary N) is 1. The first-order valence-corrected chi connectivity index (χ1v) is 4.40. The Kier molecular flexibility index (Phi) is 3.08. The van der Waals surface area contributed by atoms with Crippen LogP contribution in [0, 0.1) is 0 Å². The Balaban J connectivity index is 2.77. The Morgan fingerprint density at radius 1 is 1.47 bits per heavy atom. The minimum atomic E-state index is -0.880. The molecule has 0 spiro atoms. The largest absolute Gasteiger partial charge is 0.494 e. The summed E-state index contributed by atoms with van der Waals surface area (Å²) in [6.07, 6.45) is 3.01. The first-order chi connectivity index (χ1) is 6.95. The van der Waals surface area contributed by atoms with Crippen LogP contribution in [0.4, 0.5) is 5.95 Å². The zero-order chi connectivity index (χ0) is 11.5. The molecule has 0 aliphatic carbocycles. The van der Waals surface area contributed by atoms with Gasteiger partial charge in [0, 0.05) is 0 Å². The lowest BCUT2D eigenvalue weighted by Gasteiger charge is -2.21. The third-order valence-corrected chi connectivity index (χ3v) is 1.90. The number of ether oxygens (including phenoxy) is 1. The fraction of sp³-hybridized carbons (Fsp3) is 0.444. The van der Waals surface area contributed by atoms with Gasteiger partial charge in [0.05, 0.1) is 19.5 Å². The van der Waals surface area contributed by atoms with Gasteiger partial charge in [-0.15, -0.1) is 0 Å². The molecule has 0 bridgehead atoms. The summed E-state index contributed by atoms with van der Waals surface area (Å²) in [6, 6.07) is 0. The second-order valence-corrected chi connectivity index (χ2v) is 3.56. The molecule has 0 aliphatic rings. The highest BCUT2D eigenvalue weighted by atomic mass is 16.5. The van der Waals surface area contributed by atoms with Crippen molar-refractivity contribution in [3.05, 3.63) is 12.4 Å². The number of amides is 1. The van der Waals surface area contributed by atoms with E-state index in [-0.39, 0.29) is 0 Å². The van der Waals surface area contributed by atoms with E-state index >= 15 is 0 Å². The zero-order valence-corrected chi connectivity index (χ0v) is 8.94. The summed E-state index contributed by atoms with van der Waals surface area (Å²) < 4.78 is 4.90. The molecule has 3 N–H and O–H groups in total. The summed E-state index contributed by atoms with van der Waals surface area (Å²) >= 11 is 0. The van der Waals surface area contributed by atoms with Crippen LogP contribution in [0.3, 0.4) is 0 Å². The van der Waals surface area contributed by atoms with Gasteiger partial charge in [-0.3, -0.25) is 4.79 Å². The van der Waals surface area contributed by atoms with Gasteiger partial charge in [0.1, 0.15) is 5.54 Å². The molecule has 1 heterocycles. The molecule has 0 radical (unpaired) electrons. The average molecular weight is 210 g/mol. The smallest absolute Gasteiger partial charge is 0.242 e. The van der Waals surface area contributed by atoms with Crippen molar-refractivity contribution in [2.45, 2.75) is 19.4 Å². The third-order valence-electron chi connectivity index (χ3n) is 1.90. The van der Waals surface area contributed by atoms with Gasteiger partial charge in [0.2, 0.25) is 11.9 Å². The Hall–Kier alpha value is -1.85. The van der Waals surface area contributed by atoms with Crippen LogP contribution >= 0.6 is 0 Å². The fourth-order valence-electron chi connectivity index (χ4n) is 0.827. The molecule has 1 aromatic rings. The van der Waals surface area contributed by atoms with Crippen molar-refractivity contribution in [1.29, 1.82) is 0 Å². The number of methoxy groups -OCH3 is 1. The highest BCUT2D eigenvalue weighted by Crippen LogP contribution is 2.12. The lowest BCUT2D eigenvalue weighted by Crippen LogP contribution is -2.45. The molecule has 0 atom stereocenters. The van der Waals surface area contributed by atoms with E-state index in [0.29, 0.717) is 11.7 Å². The SMILES string of the molecule is COc1cnc(NC(C)(C)C(N)=O)nc1. The van der Waals surface area contributed by atoms with Crippen LogP contribution in [0.1, 0.15) is 13.8 Å². The quantitative estimate of drug-likeness (QED) is 0.738. The molecule has 6 nitrogen and oxygen atoms in total.